The molecule has 26 heavy (non-hydrogen) atoms. The van der Waals surface area contributed by atoms with Crippen molar-refractivity contribution >= 4 is 11.6 Å². The molecule has 0 spiro atoms. The van der Waals surface area contributed by atoms with Crippen LogP contribution in [-0.4, -0.2) is 62.9 Å². The lowest BCUT2D eigenvalue weighted by Gasteiger charge is -2.44. The number of aromatic nitrogens is 3. The normalized spacial score (nSPS) is 16.1. The summed E-state index contributed by atoms with van der Waals surface area (Å²) in [5.41, 5.74) is 2.37. The zero-order valence-corrected chi connectivity index (χ0v) is 14.6. The SMILES string of the molecule is CN(C)CC1(NCc2cnc3ccnn3c2)CCC1.O=C(O)C(F)(F)F. The number of rotatable bonds is 5. The van der Waals surface area contributed by atoms with E-state index in [4.69, 9.17) is 9.90 Å². The number of fused-ring (bicyclic) bond motifs is 1. The van der Waals surface area contributed by atoms with Gasteiger partial charge in [0.2, 0.25) is 0 Å². The molecule has 0 bridgehead atoms. The van der Waals surface area contributed by atoms with Crippen LogP contribution in [-0.2, 0) is 11.3 Å². The molecule has 0 unspecified atom stereocenters. The van der Waals surface area contributed by atoms with E-state index < -0.39 is 12.1 Å². The first kappa shape index (κ1) is 20.1. The molecule has 3 rings (SSSR count). The Morgan fingerprint density at radius 2 is 2.08 bits per heavy atom. The van der Waals surface area contributed by atoms with E-state index in [-0.39, 0.29) is 0 Å². The third-order valence-corrected chi connectivity index (χ3v) is 4.14. The third-order valence-electron chi connectivity index (χ3n) is 4.14. The van der Waals surface area contributed by atoms with Crippen molar-refractivity contribution < 1.29 is 23.1 Å². The van der Waals surface area contributed by atoms with Gasteiger partial charge in [-0.1, -0.05) is 0 Å². The average Bonchev–Trinajstić information content (AvgIpc) is 2.96. The van der Waals surface area contributed by atoms with Crippen LogP contribution in [0.3, 0.4) is 0 Å². The van der Waals surface area contributed by atoms with Crippen LogP contribution in [0.15, 0.2) is 24.7 Å². The molecule has 1 fully saturated rings. The van der Waals surface area contributed by atoms with E-state index in [1.807, 2.05) is 16.8 Å². The molecule has 1 aliphatic rings. The van der Waals surface area contributed by atoms with Gasteiger partial charge in [-0.05, 0) is 33.4 Å². The minimum Gasteiger partial charge on any atom is -0.475 e. The summed E-state index contributed by atoms with van der Waals surface area (Å²) in [5.74, 6) is -2.76. The van der Waals surface area contributed by atoms with Gasteiger partial charge in [0, 0.05) is 42.7 Å². The van der Waals surface area contributed by atoms with Gasteiger partial charge in [0.15, 0.2) is 5.65 Å². The molecule has 1 saturated carbocycles. The van der Waals surface area contributed by atoms with Crippen molar-refractivity contribution in [2.75, 3.05) is 20.6 Å². The number of nitrogens with one attached hydrogen (secondary N) is 1. The highest BCUT2D eigenvalue weighted by molar-refractivity contribution is 5.73. The van der Waals surface area contributed by atoms with Crippen LogP contribution >= 0.6 is 0 Å². The van der Waals surface area contributed by atoms with Gasteiger partial charge in [0.25, 0.3) is 0 Å². The van der Waals surface area contributed by atoms with E-state index >= 15 is 0 Å². The number of carboxylic acid groups (broad SMARTS) is 1. The van der Waals surface area contributed by atoms with Gasteiger partial charge in [-0.3, -0.25) is 0 Å². The average molecular weight is 373 g/mol. The summed E-state index contributed by atoms with van der Waals surface area (Å²) >= 11 is 0. The number of alkyl halides is 3. The maximum Gasteiger partial charge on any atom is 0.490 e. The topological polar surface area (TPSA) is 82.8 Å². The smallest absolute Gasteiger partial charge is 0.475 e. The molecular weight excluding hydrogens is 351 g/mol. The molecule has 2 aromatic rings. The quantitative estimate of drug-likeness (QED) is 0.834. The second-order valence-electron chi connectivity index (χ2n) is 6.62. The molecule has 0 aromatic carbocycles. The van der Waals surface area contributed by atoms with Gasteiger partial charge in [0.05, 0.1) is 6.20 Å². The van der Waals surface area contributed by atoms with Crippen molar-refractivity contribution in [3.63, 3.8) is 0 Å². The van der Waals surface area contributed by atoms with E-state index in [2.05, 4.69) is 40.6 Å². The van der Waals surface area contributed by atoms with Gasteiger partial charge in [-0.2, -0.15) is 18.3 Å². The maximum atomic E-state index is 10.6. The highest BCUT2D eigenvalue weighted by atomic mass is 19.4. The summed E-state index contributed by atoms with van der Waals surface area (Å²) in [6, 6.07) is 1.91. The Labute approximate surface area is 148 Å². The number of hydrogen-bond donors (Lipinski definition) is 2. The molecular formula is C16H22F3N5O2. The molecule has 1 aliphatic carbocycles. The largest absolute Gasteiger partial charge is 0.490 e. The fraction of sp³-hybridized carbons (Fsp3) is 0.562. The van der Waals surface area contributed by atoms with E-state index in [1.165, 1.54) is 24.8 Å². The van der Waals surface area contributed by atoms with E-state index in [9.17, 15) is 13.2 Å². The predicted molar refractivity (Wildman–Crippen MR) is 88.7 cm³/mol. The van der Waals surface area contributed by atoms with Crippen molar-refractivity contribution in [2.24, 2.45) is 0 Å². The Bertz CT molecular complexity index is 741. The fourth-order valence-corrected chi connectivity index (χ4v) is 2.83. The predicted octanol–water partition coefficient (Wildman–Crippen LogP) is 1.94. The summed E-state index contributed by atoms with van der Waals surface area (Å²) < 4.78 is 33.6. The van der Waals surface area contributed by atoms with Crippen molar-refractivity contribution in [3.8, 4) is 0 Å². The van der Waals surface area contributed by atoms with Gasteiger partial charge in [-0.15, -0.1) is 0 Å². The first-order chi connectivity index (χ1) is 12.1. The first-order valence-corrected chi connectivity index (χ1v) is 8.09. The minimum absolute atomic E-state index is 0.294. The molecule has 10 heteroatoms. The van der Waals surface area contributed by atoms with Crippen molar-refractivity contribution in [1.29, 1.82) is 0 Å². The van der Waals surface area contributed by atoms with E-state index in [0.29, 0.717) is 5.54 Å². The van der Waals surface area contributed by atoms with E-state index in [1.54, 1.807) is 6.20 Å². The van der Waals surface area contributed by atoms with Crippen LogP contribution in [0.2, 0.25) is 0 Å². The summed E-state index contributed by atoms with van der Waals surface area (Å²) in [6.45, 7) is 1.96. The molecule has 0 saturated heterocycles. The van der Waals surface area contributed by atoms with Crippen LogP contribution in [0, 0.1) is 0 Å². The number of carbonyl (C=O) groups is 1. The lowest BCUT2D eigenvalue weighted by atomic mass is 9.76. The Kier molecular flexibility index (Phi) is 6.19. The Morgan fingerprint density at radius 3 is 2.58 bits per heavy atom. The molecule has 7 nitrogen and oxygen atoms in total. The first-order valence-electron chi connectivity index (χ1n) is 8.09. The Morgan fingerprint density at radius 1 is 1.42 bits per heavy atom. The standard InChI is InChI=1S/C14H21N5.C2HF3O2/c1-18(2)11-14(5-3-6-14)16-9-12-8-15-13-4-7-17-19(13)10-12;3-2(4,5)1(6)7/h4,7-8,10,16H,3,5-6,9,11H2,1-2H3;(H,6,7). The number of halogens is 3. The number of aliphatic carboxylic acids is 1. The van der Waals surface area contributed by atoms with Crippen molar-refractivity contribution in [1.82, 2.24) is 24.8 Å². The highest BCUT2D eigenvalue weighted by Gasteiger charge is 2.38. The zero-order chi connectivity index (χ0) is 19.4. The summed E-state index contributed by atoms with van der Waals surface area (Å²) in [4.78, 5) is 15.6. The third kappa shape index (κ3) is 5.40. The van der Waals surface area contributed by atoms with Crippen molar-refractivity contribution in [2.45, 2.75) is 37.5 Å². The summed E-state index contributed by atoms with van der Waals surface area (Å²) in [7, 11) is 4.28. The molecule has 0 atom stereocenters. The van der Waals surface area contributed by atoms with E-state index in [0.717, 1.165) is 18.7 Å². The second kappa shape index (κ2) is 8.00. The summed E-state index contributed by atoms with van der Waals surface area (Å²) in [5, 5.41) is 15.1. The van der Waals surface area contributed by atoms with Crippen LogP contribution in [0.1, 0.15) is 24.8 Å². The molecule has 2 aromatic heterocycles. The van der Waals surface area contributed by atoms with Gasteiger partial charge in [0.1, 0.15) is 0 Å². The number of likely N-dealkylation sites (N-methyl/N-ethyl adjacent to an activating group) is 1. The molecule has 2 N–H and O–H groups in total. The maximum absolute atomic E-state index is 10.6. The molecule has 0 amide bonds. The zero-order valence-electron chi connectivity index (χ0n) is 14.6. The lowest BCUT2D eigenvalue weighted by molar-refractivity contribution is -0.192. The summed E-state index contributed by atoms with van der Waals surface area (Å²) in [6.07, 6.45) is 4.55. The lowest BCUT2D eigenvalue weighted by Crippen LogP contribution is -2.56. The van der Waals surface area contributed by atoms with Gasteiger partial charge >= 0.3 is 12.1 Å². The minimum atomic E-state index is -5.08. The van der Waals surface area contributed by atoms with Crippen LogP contribution in [0.25, 0.3) is 5.65 Å². The number of hydrogen-bond acceptors (Lipinski definition) is 5. The Hall–Kier alpha value is -2.20. The monoisotopic (exact) mass is 373 g/mol. The Balaban J connectivity index is 0.000000298. The highest BCUT2D eigenvalue weighted by Crippen LogP contribution is 2.32. The van der Waals surface area contributed by atoms with Crippen molar-refractivity contribution in [3.05, 3.63) is 30.2 Å². The van der Waals surface area contributed by atoms with Crippen LogP contribution in [0.4, 0.5) is 13.2 Å². The number of carboxylic acids is 1. The van der Waals surface area contributed by atoms with Crippen LogP contribution in [0.5, 0.6) is 0 Å². The fourth-order valence-electron chi connectivity index (χ4n) is 2.83. The molecule has 144 valence electrons. The molecule has 0 aliphatic heterocycles. The second-order valence-corrected chi connectivity index (χ2v) is 6.62. The van der Waals surface area contributed by atoms with Gasteiger partial charge in [-0.25, -0.2) is 14.3 Å². The van der Waals surface area contributed by atoms with Crippen LogP contribution < -0.4 is 5.32 Å². The van der Waals surface area contributed by atoms with Gasteiger partial charge < -0.3 is 15.3 Å². The molecule has 0 radical (unpaired) electrons. The molecule has 2 heterocycles. The number of nitrogens with zero attached hydrogens (tertiary/aromatic N) is 4.